The first kappa shape index (κ1) is 10.2. The summed E-state index contributed by atoms with van der Waals surface area (Å²) in [7, 11) is 0. The van der Waals surface area contributed by atoms with Crippen molar-refractivity contribution in [1.29, 1.82) is 5.26 Å². The molecule has 1 aromatic rings. The Morgan fingerprint density at radius 2 is 2.54 bits per heavy atom. The van der Waals surface area contributed by atoms with E-state index in [1.807, 2.05) is 11.4 Å². The first-order chi connectivity index (χ1) is 6.22. The van der Waals surface area contributed by atoms with Crippen molar-refractivity contribution in [2.45, 2.75) is 19.6 Å². The summed E-state index contributed by atoms with van der Waals surface area (Å²) in [5, 5.41) is 22.5. The summed E-state index contributed by atoms with van der Waals surface area (Å²) in [6, 6.07) is 3.94. The molecule has 0 saturated carbocycles. The summed E-state index contributed by atoms with van der Waals surface area (Å²) in [4.78, 5) is 1.12. The van der Waals surface area contributed by atoms with Crippen LogP contribution in [0, 0.1) is 11.3 Å². The Hall–Kier alpha value is -0.890. The molecule has 0 aromatic carbocycles. The van der Waals surface area contributed by atoms with Gasteiger partial charge in [0, 0.05) is 23.3 Å². The lowest BCUT2D eigenvalue weighted by Gasteiger charge is -2.04. The molecule has 0 fully saturated rings. The zero-order chi connectivity index (χ0) is 9.68. The zero-order valence-electron chi connectivity index (χ0n) is 7.45. The van der Waals surface area contributed by atoms with Gasteiger partial charge in [-0.2, -0.15) is 5.26 Å². The van der Waals surface area contributed by atoms with Gasteiger partial charge in [0.1, 0.15) is 6.07 Å². The molecule has 0 bridgehead atoms. The fourth-order valence-corrected chi connectivity index (χ4v) is 1.72. The van der Waals surface area contributed by atoms with Gasteiger partial charge in [-0.05, 0) is 13.0 Å². The van der Waals surface area contributed by atoms with E-state index in [1.54, 1.807) is 18.3 Å². The Balaban J connectivity index is 2.34. The maximum Gasteiger partial charge on any atom is 0.100 e. The lowest BCUT2D eigenvalue weighted by atomic mass is 10.3. The fourth-order valence-electron chi connectivity index (χ4n) is 0.936. The molecular formula is C9H12N2OS. The van der Waals surface area contributed by atoms with E-state index in [-0.39, 0.29) is 6.10 Å². The van der Waals surface area contributed by atoms with E-state index in [2.05, 4.69) is 11.4 Å². The third-order valence-corrected chi connectivity index (χ3v) is 2.46. The first-order valence-corrected chi connectivity index (χ1v) is 4.96. The van der Waals surface area contributed by atoms with Crippen molar-refractivity contribution in [2.75, 3.05) is 6.54 Å². The summed E-state index contributed by atoms with van der Waals surface area (Å²) in [5.74, 6) is 0. The number of nitrogens with zero attached hydrogens (tertiary/aromatic N) is 1. The molecule has 0 spiro atoms. The molecule has 2 N–H and O–H groups in total. The van der Waals surface area contributed by atoms with E-state index in [0.29, 0.717) is 12.1 Å². The van der Waals surface area contributed by atoms with Crippen molar-refractivity contribution in [3.05, 3.63) is 21.9 Å². The smallest absolute Gasteiger partial charge is 0.100 e. The molecule has 13 heavy (non-hydrogen) atoms. The van der Waals surface area contributed by atoms with Gasteiger partial charge in [-0.3, -0.25) is 0 Å². The molecule has 0 aliphatic carbocycles. The Labute approximate surface area is 81.6 Å². The molecule has 1 heterocycles. The van der Waals surface area contributed by atoms with Crippen LogP contribution in [0.2, 0.25) is 0 Å². The normalized spacial score (nSPS) is 12.4. The van der Waals surface area contributed by atoms with Gasteiger partial charge >= 0.3 is 0 Å². The summed E-state index contributed by atoms with van der Waals surface area (Å²) in [6.07, 6.45) is -0.324. The molecule has 0 radical (unpaired) electrons. The van der Waals surface area contributed by atoms with Crippen molar-refractivity contribution in [1.82, 2.24) is 5.32 Å². The lowest BCUT2D eigenvalue weighted by Crippen LogP contribution is -2.23. The number of nitriles is 1. The largest absolute Gasteiger partial charge is 0.392 e. The Kier molecular flexibility index (Phi) is 3.90. The van der Waals surface area contributed by atoms with E-state index >= 15 is 0 Å². The molecular weight excluding hydrogens is 184 g/mol. The van der Waals surface area contributed by atoms with Crippen molar-refractivity contribution >= 4 is 11.3 Å². The minimum Gasteiger partial charge on any atom is -0.392 e. The quantitative estimate of drug-likeness (QED) is 0.758. The maximum atomic E-state index is 8.97. The summed E-state index contributed by atoms with van der Waals surface area (Å²) in [6.45, 7) is 3.04. The van der Waals surface area contributed by atoms with E-state index in [1.165, 1.54) is 0 Å². The van der Waals surface area contributed by atoms with Gasteiger partial charge in [-0.25, -0.2) is 0 Å². The van der Waals surface area contributed by atoms with E-state index in [0.717, 1.165) is 11.4 Å². The zero-order valence-corrected chi connectivity index (χ0v) is 8.27. The minimum absolute atomic E-state index is 0.324. The van der Waals surface area contributed by atoms with Gasteiger partial charge in [0.2, 0.25) is 0 Å². The third-order valence-electron chi connectivity index (χ3n) is 1.52. The Bertz CT molecular complexity index is 301. The predicted octanol–water partition coefficient (Wildman–Crippen LogP) is 1.09. The van der Waals surface area contributed by atoms with Gasteiger partial charge < -0.3 is 10.4 Å². The van der Waals surface area contributed by atoms with Crippen LogP contribution in [0.1, 0.15) is 17.4 Å². The van der Waals surface area contributed by atoms with Crippen LogP contribution >= 0.6 is 11.3 Å². The number of hydrogen-bond acceptors (Lipinski definition) is 4. The van der Waals surface area contributed by atoms with Gasteiger partial charge in [0.05, 0.1) is 11.7 Å². The van der Waals surface area contributed by atoms with Crippen LogP contribution in [0.4, 0.5) is 0 Å². The number of aliphatic hydroxyl groups excluding tert-OH is 1. The van der Waals surface area contributed by atoms with Crippen LogP contribution in [0.3, 0.4) is 0 Å². The van der Waals surface area contributed by atoms with E-state index < -0.39 is 0 Å². The second-order valence-corrected chi connectivity index (χ2v) is 3.89. The fraction of sp³-hybridized carbons (Fsp3) is 0.444. The molecule has 70 valence electrons. The van der Waals surface area contributed by atoms with Crippen molar-refractivity contribution < 1.29 is 5.11 Å². The molecule has 1 rings (SSSR count). The average molecular weight is 196 g/mol. The summed E-state index contributed by atoms with van der Waals surface area (Å²) >= 11 is 1.56. The molecule has 0 aliphatic rings. The van der Waals surface area contributed by atoms with Crippen molar-refractivity contribution in [3.8, 4) is 6.07 Å². The van der Waals surface area contributed by atoms with Crippen LogP contribution < -0.4 is 5.32 Å². The summed E-state index contributed by atoms with van der Waals surface area (Å²) in [5.41, 5.74) is 0.707. The van der Waals surface area contributed by atoms with Crippen LogP contribution in [-0.4, -0.2) is 17.8 Å². The molecule has 0 unspecified atom stereocenters. The average Bonchev–Trinajstić information content (AvgIpc) is 2.52. The molecule has 3 nitrogen and oxygen atoms in total. The van der Waals surface area contributed by atoms with Crippen LogP contribution in [0.5, 0.6) is 0 Å². The predicted molar refractivity (Wildman–Crippen MR) is 52.4 cm³/mol. The number of hydrogen-bond donors (Lipinski definition) is 2. The Morgan fingerprint density at radius 3 is 3.08 bits per heavy atom. The van der Waals surface area contributed by atoms with E-state index in [9.17, 15) is 0 Å². The van der Waals surface area contributed by atoms with Gasteiger partial charge in [-0.15, -0.1) is 11.3 Å². The standard InChI is InChI=1S/C9H12N2OS/c1-7(12)4-11-5-9-2-8(3-10)6-13-9/h2,6-7,11-12H,4-5H2,1H3/t7-/m0/s1. The second kappa shape index (κ2) is 4.97. The number of aliphatic hydroxyl groups is 1. The molecule has 0 saturated heterocycles. The topological polar surface area (TPSA) is 56.0 Å². The number of nitrogens with one attached hydrogen (secondary N) is 1. The van der Waals surface area contributed by atoms with Crippen molar-refractivity contribution in [2.24, 2.45) is 0 Å². The second-order valence-electron chi connectivity index (χ2n) is 2.89. The van der Waals surface area contributed by atoms with Gasteiger partial charge in [-0.1, -0.05) is 0 Å². The minimum atomic E-state index is -0.324. The van der Waals surface area contributed by atoms with Crippen LogP contribution in [-0.2, 0) is 6.54 Å². The van der Waals surface area contributed by atoms with Gasteiger partial charge in [0.25, 0.3) is 0 Å². The molecule has 0 aliphatic heterocycles. The first-order valence-electron chi connectivity index (χ1n) is 4.08. The monoisotopic (exact) mass is 196 g/mol. The molecule has 1 atom stereocenters. The highest BCUT2D eigenvalue weighted by molar-refractivity contribution is 7.10. The number of thiophene rings is 1. The highest BCUT2D eigenvalue weighted by Crippen LogP contribution is 2.12. The van der Waals surface area contributed by atoms with Crippen LogP contribution in [0.15, 0.2) is 11.4 Å². The molecule has 4 heteroatoms. The maximum absolute atomic E-state index is 8.97. The highest BCUT2D eigenvalue weighted by Gasteiger charge is 1.99. The SMILES string of the molecule is C[C@H](O)CNCc1cc(C#N)cs1. The Morgan fingerprint density at radius 1 is 1.77 bits per heavy atom. The van der Waals surface area contributed by atoms with Crippen molar-refractivity contribution in [3.63, 3.8) is 0 Å². The lowest BCUT2D eigenvalue weighted by molar-refractivity contribution is 0.191. The third kappa shape index (κ3) is 3.55. The highest BCUT2D eigenvalue weighted by atomic mass is 32.1. The van der Waals surface area contributed by atoms with Gasteiger partial charge in [0.15, 0.2) is 0 Å². The number of rotatable bonds is 4. The van der Waals surface area contributed by atoms with Crippen LogP contribution in [0.25, 0.3) is 0 Å². The molecule has 0 amide bonds. The summed E-state index contributed by atoms with van der Waals surface area (Å²) < 4.78 is 0. The van der Waals surface area contributed by atoms with E-state index in [4.69, 9.17) is 10.4 Å². The molecule has 1 aromatic heterocycles.